The van der Waals surface area contributed by atoms with Crippen LogP contribution in [0.15, 0.2) is 67.3 Å². The van der Waals surface area contributed by atoms with E-state index in [1.54, 1.807) is 12.4 Å². The summed E-state index contributed by atoms with van der Waals surface area (Å²) < 4.78 is 20.7. The van der Waals surface area contributed by atoms with Crippen LogP contribution in [0.3, 0.4) is 0 Å². The van der Waals surface area contributed by atoms with Crippen LogP contribution in [-0.4, -0.2) is 67.3 Å². The summed E-state index contributed by atoms with van der Waals surface area (Å²) >= 11 is 0. The number of hydrogen-bond donors (Lipinski definition) is 3. The van der Waals surface area contributed by atoms with Gasteiger partial charge in [-0.3, -0.25) is 20.0 Å². The second-order valence-corrected chi connectivity index (χ2v) is 11.3. The summed E-state index contributed by atoms with van der Waals surface area (Å²) in [5.41, 5.74) is 8.00. The zero-order valence-corrected chi connectivity index (χ0v) is 24.2. The van der Waals surface area contributed by atoms with E-state index >= 15 is 0 Å². The summed E-state index contributed by atoms with van der Waals surface area (Å²) in [6, 6.07) is 13.1. The lowest BCUT2D eigenvalue weighted by molar-refractivity contribution is 0.237. The molecule has 0 unspecified atom stereocenters. The topological polar surface area (TPSA) is 108 Å². The van der Waals surface area contributed by atoms with Crippen LogP contribution >= 0.6 is 0 Å². The Morgan fingerprint density at radius 1 is 0.953 bits per heavy atom. The second kappa shape index (κ2) is 11.4. The summed E-state index contributed by atoms with van der Waals surface area (Å²) in [6.45, 7) is 7.75. The van der Waals surface area contributed by atoms with Crippen LogP contribution in [-0.2, 0) is 0 Å². The maximum atomic E-state index is 14.8. The van der Waals surface area contributed by atoms with E-state index in [4.69, 9.17) is 9.72 Å². The molecule has 1 aliphatic heterocycles. The van der Waals surface area contributed by atoms with Crippen molar-refractivity contribution in [3.05, 3.63) is 73.1 Å². The molecule has 3 N–H and O–H groups in total. The van der Waals surface area contributed by atoms with Crippen molar-refractivity contribution in [3.8, 4) is 39.5 Å². The molecule has 1 saturated heterocycles. The third-order valence-corrected chi connectivity index (χ3v) is 7.76. The number of rotatable bonds is 9. The van der Waals surface area contributed by atoms with Gasteiger partial charge in [-0.1, -0.05) is 0 Å². The van der Waals surface area contributed by atoms with E-state index < -0.39 is 0 Å². The van der Waals surface area contributed by atoms with Crippen LogP contribution in [0.1, 0.15) is 26.7 Å². The molecule has 1 aromatic carbocycles. The minimum absolute atomic E-state index is 0.292. The van der Waals surface area contributed by atoms with E-state index in [1.807, 2.05) is 42.7 Å². The molecule has 218 valence electrons. The molecule has 0 atom stereocenters. The number of likely N-dealkylation sites (tertiary alicyclic amines) is 1. The van der Waals surface area contributed by atoms with Gasteiger partial charge in [-0.15, -0.1) is 0 Å². The van der Waals surface area contributed by atoms with E-state index in [0.29, 0.717) is 29.7 Å². The number of benzene rings is 1. The maximum absolute atomic E-state index is 14.8. The Morgan fingerprint density at radius 3 is 2.67 bits per heavy atom. The van der Waals surface area contributed by atoms with Crippen molar-refractivity contribution in [3.63, 3.8) is 0 Å². The fraction of sp³-hybridized carbons (Fsp3) is 0.273. The quantitative estimate of drug-likeness (QED) is 0.177. The first-order valence-corrected chi connectivity index (χ1v) is 14.7. The number of pyridine rings is 3. The molecular weight excluding hydrogens is 543 g/mol. The van der Waals surface area contributed by atoms with E-state index in [2.05, 4.69) is 49.2 Å². The van der Waals surface area contributed by atoms with Gasteiger partial charge in [-0.2, -0.15) is 5.10 Å². The average molecular weight is 577 g/mol. The predicted molar refractivity (Wildman–Crippen MR) is 168 cm³/mol. The lowest BCUT2D eigenvalue weighted by atomic mass is 10.0. The molecule has 10 heteroatoms. The molecule has 0 saturated carbocycles. The van der Waals surface area contributed by atoms with Gasteiger partial charge in [0.2, 0.25) is 0 Å². The van der Waals surface area contributed by atoms with Crippen molar-refractivity contribution in [1.29, 1.82) is 0 Å². The molecule has 7 rings (SSSR count). The fourth-order valence-electron chi connectivity index (χ4n) is 5.75. The zero-order valence-electron chi connectivity index (χ0n) is 24.2. The van der Waals surface area contributed by atoms with E-state index in [-0.39, 0.29) is 5.82 Å². The maximum Gasteiger partial charge on any atom is 0.135 e. The molecule has 1 fully saturated rings. The molecule has 6 aromatic rings. The molecule has 1 aliphatic rings. The lowest BCUT2D eigenvalue weighted by Gasteiger charge is -2.15. The molecule has 43 heavy (non-hydrogen) atoms. The normalized spacial score (nSPS) is 13.9. The Bertz CT molecular complexity index is 1910. The molecule has 0 bridgehead atoms. The lowest BCUT2D eigenvalue weighted by Crippen LogP contribution is -2.25. The van der Waals surface area contributed by atoms with Crippen molar-refractivity contribution in [2.45, 2.75) is 32.7 Å². The Balaban J connectivity index is 1.21. The van der Waals surface area contributed by atoms with Crippen molar-refractivity contribution < 1.29 is 9.13 Å². The van der Waals surface area contributed by atoms with Crippen LogP contribution in [0.4, 0.5) is 10.1 Å². The Hall–Kier alpha value is -4.83. The SMILES string of the molecule is CC(C)Nc1cncc(-c2ccc3[nH]nc(-c4cc5c(-c6cc(F)cc(OCCN7CCCC7)c6)cncc5[nH]4)c3n2)c1. The monoisotopic (exact) mass is 576 g/mol. The van der Waals surface area contributed by atoms with Gasteiger partial charge in [0.05, 0.1) is 34.3 Å². The molecule has 6 heterocycles. The third kappa shape index (κ3) is 5.65. The zero-order chi connectivity index (χ0) is 29.3. The van der Waals surface area contributed by atoms with Crippen LogP contribution in [0, 0.1) is 5.82 Å². The van der Waals surface area contributed by atoms with Crippen molar-refractivity contribution in [2.24, 2.45) is 0 Å². The molecule has 0 amide bonds. The van der Waals surface area contributed by atoms with Crippen molar-refractivity contribution >= 4 is 27.6 Å². The molecule has 5 aromatic heterocycles. The van der Waals surface area contributed by atoms with Gasteiger partial charge in [0.25, 0.3) is 0 Å². The van der Waals surface area contributed by atoms with E-state index in [9.17, 15) is 4.39 Å². The molecule has 0 spiro atoms. The Kier molecular flexibility index (Phi) is 7.20. The number of halogens is 1. The predicted octanol–water partition coefficient (Wildman–Crippen LogP) is 6.66. The summed E-state index contributed by atoms with van der Waals surface area (Å²) in [5.74, 6) is 0.165. The van der Waals surface area contributed by atoms with Gasteiger partial charge < -0.3 is 15.0 Å². The van der Waals surface area contributed by atoms with Crippen LogP contribution in [0.2, 0.25) is 0 Å². The Morgan fingerprint density at radius 2 is 1.81 bits per heavy atom. The molecule has 0 radical (unpaired) electrons. The van der Waals surface area contributed by atoms with Crippen LogP contribution in [0.25, 0.3) is 55.7 Å². The highest BCUT2D eigenvalue weighted by Gasteiger charge is 2.17. The van der Waals surface area contributed by atoms with Gasteiger partial charge in [0.1, 0.15) is 29.4 Å². The summed E-state index contributed by atoms with van der Waals surface area (Å²) in [6.07, 6.45) is 9.60. The second-order valence-electron chi connectivity index (χ2n) is 11.3. The summed E-state index contributed by atoms with van der Waals surface area (Å²) in [4.78, 5) is 19.6. The summed E-state index contributed by atoms with van der Waals surface area (Å²) in [5, 5.41) is 12.0. The average Bonchev–Trinajstić information content (AvgIpc) is 3.76. The van der Waals surface area contributed by atoms with E-state index in [1.165, 1.54) is 25.0 Å². The highest BCUT2D eigenvalue weighted by molar-refractivity contribution is 6.00. The number of ether oxygens (including phenoxy) is 1. The number of fused-ring (bicyclic) bond motifs is 2. The number of anilines is 1. The molecule has 0 aliphatic carbocycles. The fourth-order valence-corrected chi connectivity index (χ4v) is 5.75. The van der Waals surface area contributed by atoms with Gasteiger partial charge in [0, 0.05) is 53.8 Å². The third-order valence-electron chi connectivity index (χ3n) is 7.76. The van der Waals surface area contributed by atoms with Crippen LogP contribution in [0.5, 0.6) is 5.75 Å². The van der Waals surface area contributed by atoms with Gasteiger partial charge in [-0.05, 0) is 81.7 Å². The van der Waals surface area contributed by atoms with Crippen molar-refractivity contribution in [1.82, 2.24) is 35.0 Å². The largest absolute Gasteiger partial charge is 0.492 e. The highest BCUT2D eigenvalue weighted by atomic mass is 19.1. The number of nitrogens with one attached hydrogen (secondary N) is 3. The smallest absolute Gasteiger partial charge is 0.135 e. The first-order valence-electron chi connectivity index (χ1n) is 14.7. The minimum atomic E-state index is -0.349. The van der Waals surface area contributed by atoms with Gasteiger partial charge in [-0.25, -0.2) is 9.37 Å². The number of aromatic nitrogens is 6. The standard InChI is InChI=1S/C33H33FN8O/c1-20(2)37-24-12-22(16-35-17-24)28-5-6-29-32(39-28)33(41-40-29)30-15-26-27(18-36-19-31(26)38-30)21-11-23(34)14-25(13-21)43-10-9-42-7-3-4-8-42/h5-6,11-20,37-38H,3-4,7-10H2,1-2H3,(H,40,41). The first-order chi connectivity index (χ1) is 21.0. The molecular formula is C33H33FN8O. The Labute approximate surface area is 248 Å². The van der Waals surface area contributed by atoms with E-state index in [0.717, 1.165) is 69.8 Å². The number of H-pyrrole nitrogens is 2. The number of hydrogen-bond acceptors (Lipinski definition) is 7. The van der Waals surface area contributed by atoms with Crippen molar-refractivity contribution in [2.75, 3.05) is 31.6 Å². The minimum Gasteiger partial charge on any atom is -0.492 e. The highest BCUT2D eigenvalue weighted by Crippen LogP contribution is 2.35. The van der Waals surface area contributed by atoms with Gasteiger partial charge >= 0.3 is 0 Å². The molecule has 9 nitrogen and oxygen atoms in total. The summed E-state index contributed by atoms with van der Waals surface area (Å²) in [7, 11) is 0. The first kappa shape index (κ1) is 27.0. The number of aromatic amines is 2. The number of nitrogens with zero attached hydrogens (tertiary/aromatic N) is 5. The van der Waals surface area contributed by atoms with Gasteiger partial charge in [0.15, 0.2) is 0 Å². The van der Waals surface area contributed by atoms with Crippen LogP contribution < -0.4 is 10.1 Å².